The Morgan fingerprint density at radius 3 is 2.00 bits per heavy atom. The van der Waals surface area contributed by atoms with Crippen LogP contribution >= 0.6 is 0 Å². The lowest BCUT2D eigenvalue weighted by Gasteiger charge is -2.37. The predicted molar refractivity (Wildman–Crippen MR) is 112 cm³/mol. The summed E-state index contributed by atoms with van der Waals surface area (Å²) in [6.07, 6.45) is 0.845. The molecule has 0 amide bonds. The number of carbonyl (C=O) groups excluding carboxylic acids is 1. The van der Waals surface area contributed by atoms with Crippen molar-refractivity contribution in [1.29, 1.82) is 0 Å². The molecule has 0 saturated carbocycles. The summed E-state index contributed by atoms with van der Waals surface area (Å²) in [6, 6.07) is 8.36. The van der Waals surface area contributed by atoms with Gasteiger partial charge in [0.1, 0.15) is 6.29 Å². The number of methoxy groups -OCH3 is 2. The zero-order chi connectivity index (χ0) is 21.2. The minimum atomic E-state index is -3.63. The van der Waals surface area contributed by atoms with E-state index in [-0.39, 0.29) is 4.90 Å². The SMILES string of the molecule is COc1ccc(S(=O)(=O)N2CCN(c3c(C)cc(C=O)cc3C)CC2)cc1OC. The monoisotopic (exact) mass is 418 g/mol. The Hall–Kier alpha value is -2.58. The summed E-state index contributed by atoms with van der Waals surface area (Å²) in [5.74, 6) is 0.870. The normalized spacial score (nSPS) is 15.2. The van der Waals surface area contributed by atoms with E-state index < -0.39 is 10.0 Å². The standard InChI is InChI=1S/C21H26N2O5S/c1-15-11-17(14-24)12-16(2)21(15)22-7-9-23(10-8-22)29(25,26)18-5-6-19(27-3)20(13-18)28-4/h5-6,11-14H,7-10H2,1-4H3. The molecule has 0 radical (unpaired) electrons. The van der Waals surface area contributed by atoms with E-state index in [1.807, 2.05) is 26.0 Å². The molecule has 0 unspecified atom stereocenters. The molecule has 8 heteroatoms. The van der Waals surface area contributed by atoms with Crippen molar-refractivity contribution in [2.24, 2.45) is 0 Å². The average molecular weight is 419 g/mol. The first-order chi connectivity index (χ1) is 13.8. The Labute approximate surface area is 171 Å². The highest BCUT2D eigenvalue weighted by Crippen LogP contribution is 2.32. The van der Waals surface area contributed by atoms with Crippen molar-refractivity contribution >= 4 is 22.0 Å². The highest BCUT2D eigenvalue weighted by Gasteiger charge is 2.30. The summed E-state index contributed by atoms with van der Waals surface area (Å²) < 4.78 is 38.1. The summed E-state index contributed by atoms with van der Waals surface area (Å²) in [5, 5.41) is 0. The Morgan fingerprint density at radius 2 is 1.48 bits per heavy atom. The van der Waals surface area contributed by atoms with Crippen molar-refractivity contribution in [2.45, 2.75) is 18.7 Å². The van der Waals surface area contributed by atoms with Crippen molar-refractivity contribution in [3.05, 3.63) is 47.0 Å². The molecule has 0 aromatic heterocycles. The number of hydrogen-bond donors (Lipinski definition) is 0. The number of nitrogens with zero attached hydrogens (tertiary/aromatic N) is 2. The second-order valence-corrected chi connectivity index (χ2v) is 8.97. The summed E-state index contributed by atoms with van der Waals surface area (Å²) in [6.45, 7) is 5.86. The third-order valence-electron chi connectivity index (χ3n) is 5.20. The van der Waals surface area contributed by atoms with Gasteiger partial charge in [-0.05, 0) is 49.2 Å². The van der Waals surface area contributed by atoms with Crippen LogP contribution in [0.1, 0.15) is 21.5 Å². The number of aldehydes is 1. The fraction of sp³-hybridized carbons (Fsp3) is 0.381. The molecule has 1 heterocycles. The average Bonchev–Trinajstić information content (AvgIpc) is 2.72. The van der Waals surface area contributed by atoms with E-state index in [0.29, 0.717) is 43.2 Å². The highest BCUT2D eigenvalue weighted by molar-refractivity contribution is 7.89. The lowest BCUT2D eigenvalue weighted by molar-refractivity contribution is 0.112. The quantitative estimate of drug-likeness (QED) is 0.672. The smallest absolute Gasteiger partial charge is 0.243 e. The van der Waals surface area contributed by atoms with Gasteiger partial charge in [-0.1, -0.05) is 0 Å². The molecule has 0 atom stereocenters. The van der Waals surface area contributed by atoms with Crippen molar-refractivity contribution in [2.75, 3.05) is 45.3 Å². The second kappa shape index (κ2) is 8.42. The maximum atomic E-state index is 13.1. The Kier molecular flexibility index (Phi) is 6.14. The molecule has 0 aliphatic carbocycles. The number of rotatable bonds is 6. The van der Waals surface area contributed by atoms with E-state index in [9.17, 15) is 13.2 Å². The van der Waals surface area contributed by atoms with Crippen LogP contribution in [0.25, 0.3) is 0 Å². The zero-order valence-electron chi connectivity index (χ0n) is 17.1. The lowest BCUT2D eigenvalue weighted by atomic mass is 10.0. The van der Waals surface area contributed by atoms with Crippen molar-refractivity contribution in [1.82, 2.24) is 4.31 Å². The molecule has 0 N–H and O–H groups in total. The minimum Gasteiger partial charge on any atom is -0.493 e. The third kappa shape index (κ3) is 4.09. The van der Waals surface area contributed by atoms with Crippen molar-refractivity contribution in [3.63, 3.8) is 0 Å². The van der Waals surface area contributed by atoms with E-state index in [1.165, 1.54) is 30.7 Å². The van der Waals surface area contributed by atoms with Gasteiger partial charge in [0, 0.05) is 43.5 Å². The van der Waals surface area contributed by atoms with Crippen LogP contribution in [0.2, 0.25) is 0 Å². The van der Waals surface area contributed by atoms with Gasteiger partial charge in [0.25, 0.3) is 0 Å². The van der Waals surface area contributed by atoms with Crippen LogP contribution in [-0.2, 0) is 10.0 Å². The molecule has 1 fully saturated rings. The number of hydrogen-bond acceptors (Lipinski definition) is 6. The molecule has 2 aromatic rings. The molecule has 2 aromatic carbocycles. The maximum Gasteiger partial charge on any atom is 0.243 e. The van der Waals surface area contributed by atoms with Gasteiger partial charge in [-0.3, -0.25) is 4.79 Å². The number of carbonyl (C=O) groups is 1. The van der Waals surface area contributed by atoms with E-state index in [0.717, 1.165) is 23.1 Å². The molecule has 0 spiro atoms. The minimum absolute atomic E-state index is 0.186. The number of ether oxygens (including phenoxy) is 2. The van der Waals surface area contributed by atoms with Gasteiger partial charge >= 0.3 is 0 Å². The van der Waals surface area contributed by atoms with Crippen LogP contribution in [-0.4, -0.2) is 59.4 Å². The van der Waals surface area contributed by atoms with Crippen LogP contribution in [0.4, 0.5) is 5.69 Å². The van der Waals surface area contributed by atoms with Crippen LogP contribution in [0, 0.1) is 13.8 Å². The highest BCUT2D eigenvalue weighted by atomic mass is 32.2. The molecule has 1 aliphatic heterocycles. The van der Waals surface area contributed by atoms with Gasteiger partial charge in [0.2, 0.25) is 10.0 Å². The van der Waals surface area contributed by atoms with Gasteiger partial charge in [-0.2, -0.15) is 4.31 Å². The van der Waals surface area contributed by atoms with Crippen LogP contribution in [0.3, 0.4) is 0 Å². The molecular formula is C21H26N2O5S. The van der Waals surface area contributed by atoms with Crippen molar-refractivity contribution < 1.29 is 22.7 Å². The second-order valence-electron chi connectivity index (χ2n) is 7.03. The Balaban J connectivity index is 1.79. The van der Waals surface area contributed by atoms with Crippen LogP contribution in [0.15, 0.2) is 35.2 Å². The van der Waals surface area contributed by atoms with E-state index in [1.54, 1.807) is 6.07 Å². The maximum absolute atomic E-state index is 13.1. The molecule has 156 valence electrons. The molecule has 1 saturated heterocycles. The Bertz CT molecular complexity index is 989. The zero-order valence-corrected chi connectivity index (χ0v) is 18.0. The van der Waals surface area contributed by atoms with Gasteiger partial charge in [0.05, 0.1) is 19.1 Å². The van der Waals surface area contributed by atoms with Crippen LogP contribution < -0.4 is 14.4 Å². The predicted octanol–water partition coefficient (Wildman–Crippen LogP) is 2.64. The number of anilines is 1. The van der Waals surface area contributed by atoms with Gasteiger partial charge in [0.15, 0.2) is 11.5 Å². The first kappa shape index (κ1) is 21.1. The summed E-state index contributed by atoms with van der Waals surface area (Å²) >= 11 is 0. The summed E-state index contributed by atoms with van der Waals surface area (Å²) in [4.78, 5) is 13.4. The Morgan fingerprint density at radius 1 is 0.897 bits per heavy atom. The molecular weight excluding hydrogens is 392 g/mol. The topological polar surface area (TPSA) is 76.2 Å². The van der Waals surface area contributed by atoms with E-state index >= 15 is 0 Å². The third-order valence-corrected chi connectivity index (χ3v) is 7.09. The summed E-state index contributed by atoms with van der Waals surface area (Å²) in [5.41, 5.74) is 3.75. The van der Waals surface area contributed by atoms with Gasteiger partial charge < -0.3 is 14.4 Å². The van der Waals surface area contributed by atoms with E-state index in [2.05, 4.69) is 4.90 Å². The van der Waals surface area contributed by atoms with Crippen LogP contribution in [0.5, 0.6) is 11.5 Å². The van der Waals surface area contributed by atoms with E-state index in [4.69, 9.17) is 9.47 Å². The molecule has 7 nitrogen and oxygen atoms in total. The number of benzene rings is 2. The lowest BCUT2D eigenvalue weighted by Crippen LogP contribution is -2.49. The number of aryl methyl sites for hydroxylation is 2. The molecule has 0 bridgehead atoms. The number of piperazine rings is 1. The molecule has 1 aliphatic rings. The number of sulfonamides is 1. The van der Waals surface area contributed by atoms with Gasteiger partial charge in [-0.25, -0.2) is 8.42 Å². The van der Waals surface area contributed by atoms with Gasteiger partial charge in [-0.15, -0.1) is 0 Å². The first-order valence-corrected chi connectivity index (χ1v) is 10.8. The fourth-order valence-corrected chi connectivity index (χ4v) is 5.27. The fourth-order valence-electron chi connectivity index (χ4n) is 3.83. The summed E-state index contributed by atoms with van der Waals surface area (Å²) in [7, 11) is -0.641. The first-order valence-electron chi connectivity index (χ1n) is 9.35. The largest absolute Gasteiger partial charge is 0.493 e. The van der Waals surface area contributed by atoms with Crippen molar-refractivity contribution in [3.8, 4) is 11.5 Å². The molecule has 3 rings (SSSR count). The molecule has 29 heavy (non-hydrogen) atoms.